The zero-order chi connectivity index (χ0) is 20.7. The van der Waals surface area contributed by atoms with Crippen LogP contribution in [0.3, 0.4) is 0 Å². The lowest BCUT2D eigenvalue weighted by atomic mass is 9.92. The van der Waals surface area contributed by atoms with Gasteiger partial charge in [-0.15, -0.1) is 0 Å². The minimum absolute atomic E-state index is 0.114. The highest BCUT2D eigenvalue weighted by Crippen LogP contribution is 2.26. The SMILES string of the molecule is N#CC1(NC(=O)CN2CCC(NS(=O)(=O)c3ccccc3)CC2)CCCCCC1. The van der Waals surface area contributed by atoms with Crippen molar-refractivity contribution >= 4 is 15.9 Å². The number of nitrogens with zero attached hydrogens (tertiary/aromatic N) is 2. The third kappa shape index (κ3) is 6.01. The van der Waals surface area contributed by atoms with E-state index < -0.39 is 15.6 Å². The highest BCUT2D eigenvalue weighted by molar-refractivity contribution is 7.89. The van der Waals surface area contributed by atoms with E-state index in [-0.39, 0.29) is 23.4 Å². The second kappa shape index (κ2) is 9.70. The first kappa shape index (κ1) is 21.8. The van der Waals surface area contributed by atoms with Gasteiger partial charge in [-0.05, 0) is 37.8 Å². The molecule has 1 saturated heterocycles. The van der Waals surface area contributed by atoms with Gasteiger partial charge in [-0.25, -0.2) is 13.1 Å². The molecule has 1 saturated carbocycles. The standard InChI is InChI=1S/C21H30N4O3S/c22-17-21(12-6-1-2-7-13-21)23-20(26)16-25-14-10-18(11-15-25)24-29(27,28)19-8-4-3-5-9-19/h3-5,8-9,18,24H,1-2,6-7,10-16H2,(H,23,26). The van der Waals surface area contributed by atoms with E-state index in [0.717, 1.165) is 38.5 Å². The van der Waals surface area contributed by atoms with Crippen LogP contribution in [0, 0.1) is 11.3 Å². The average molecular weight is 419 g/mol. The molecule has 0 bridgehead atoms. The summed E-state index contributed by atoms with van der Waals surface area (Å²) in [5.41, 5.74) is -0.725. The van der Waals surface area contributed by atoms with Crippen molar-refractivity contribution in [2.24, 2.45) is 0 Å². The fourth-order valence-electron chi connectivity index (χ4n) is 4.20. The van der Waals surface area contributed by atoms with Gasteiger partial charge in [0.05, 0.1) is 17.5 Å². The maximum atomic E-state index is 12.5. The molecule has 0 atom stereocenters. The van der Waals surface area contributed by atoms with Crippen LogP contribution in [0.2, 0.25) is 0 Å². The average Bonchev–Trinajstić information content (AvgIpc) is 2.96. The number of hydrogen-bond donors (Lipinski definition) is 2. The molecule has 7 nitrogen and oxygen atoms in total. The molecule has 3 rings (SSSR count). The highest BCUT2D eigenvalue weighted by atomic mass is 32.2. The zero-order valence-electron chi connectivity index (χ0n) is 16.8. The van der Waals surface area contributed by atoms with Gasteiger partial charge in [-0.1, -0.05) is 43.9 Å². The molecule has 1 aliphatic carbocycles. The molecule has 0 spiro atoms. The summed E-state index contributed by atoms with van der Waals surface area (Å²) in [5, 5.41) is 12.6. The summed E-state index contributed by atoms with van der Waals surface area (Å²) in [6, 6.07) is 10.6. The number of carbonyl (C=O) groups is 1. The molecule has 0 radical (unpaired) electrons. The van der Waals surface area contributed by atoms with Crippen molar-refractivity contribution in [3.63, 3.8) is 0 Å². The van der Waals surface area contributed by atoms with Crippen LogP contribution in [0.5, 0.6) is 0 Å². The summed E-state index contributed by atoms with van der Waals surface area (Å²) in [4.78, 5) is 14.8. The smallest absolute Gasteiger partial charge is 0.240 e. The van der Waals surface area contributed by atoms with Gasteiger partial charge in [-0.2, -0.15) is 5.26 Å². The van der Waals surface area contributed by atoms with E-state index in [0.29, 0.717) is 25.9 Å². The molecule has 8 heteroatoms. The summed E-state index contributed by atoms with van der Waals surface area (Å²) in [7, 11) is -3.52. The molecule has 1 heterocycles. The number of piperidine rings is 1. The number of benzene rings is 1. The Morgan fingerprint density at radius 2 is 1.72 bits per heavy atom. The van der Waals surface area contributed by atoms with Crippen LogP contribution in [-0.2, 0) is 14.8 Å². The summed E-state index contributed by atoms with van der Waals surface area (Å²) >= 11 is 0. The Kier molecular flexibility index (Phi) is 7.28. The van der Waals surface area contributed by atoms with E-state index in [1.807, 2.05) is 4.90 Å². The van der Waals surface area contributed by atoms with Crippen molar-refractivity contribution in [2.45, 2.75) is 67.8 Å². The normalized spacial score (nSPS) is 21.1. The lowest BCUT2D eigenvalue weighted by Crippen LogP contribution is -2.52. The van der Waals surface area contributed by atoms with Crippen LogP contribution in [-0.4, -0.2) is 50.4 Å². The van der Waals surface area contributed by atoms with Crippen molar-refractivity contribution in [3.05, 3.63) is 30.3 Å². The van der Waals surface area contributed by atoms with Crippen LogP contribution in [0.4, 0.5) is 0 Å². The maximum Gasteiger partial charge on any atom is 0.240 e. The Hall–Kier alpha value is -1.95. The van der Waals surface area contributed by atoms with Gasteiger partial charge in [0, 0.05) is 19.1 Å². The van der Waals surface area contributed by atoms with Crippen LogP contribution in [0.1, 0.15) is 51.4 Å². The van der Waals surface area contributed by atoms with Crippen LogP contribution >= 0.6 is 0 Å². The molecular weight excluding hydrogens is 388 g/mol. The van der Waals surface area contributed by atoms with Crippen molar-refractivity contribution in [1.29, 1.82) is 5.26 Å². The Balaban J connectivity index is 1.47. The molecule has 29 heavy (non-hydrogen) atoms. The fraction of sp³-hybridized carbons (Fsp3) is 0.619. The van der Waals surface area contributed by atoms with Crippen LogP contribution in [0.25, 0.3) is 0 Å². The predicted octanol–water partition coefficient (Wildman–Crippen LogP) is 2.16. The number of carbonyl (C=O) groups excluding carboxylic acids is 1. The number of rotatable bonds is 6. The molecule has 158 valence electrons. The Labute approximate surface area is 173 Å². The first-order valence-corrected chi connectivity index (χ1v) is 11.9. The van der Waals surface area contributed by atoms with Crippen LogP contribution < -0.4 is 10.0 Å². The van der Waals surface area contributed by atoms with Crippen molar-refractivity contribution in [3.8, 4) is 6.07 Å². The summed E-state index contributed by atoms with van der Waals surface area (Å²) < 4.78 is 27.7. The Morgan fingerprint density at radius 3 is 2.31 bits per heavy atom. The van der Waals surface area contributed by atoms with E-state index in [9.17, 15) is 18.5 Å². The van der Waals surface area contributed by atoms with E-state index in [4.69, 9.17) is 0 Å². The van der Waals surface area contributed by atoms with Crippen molar-refractivity contribution < 1.29 is 13.2 Å². The lowest BCUT2D eigenvalue weighted by molar-refractivity contribution is -0.124. The molecule has 0 unspecified atom stereocenters. The molecule has 1 aliphatic heterocycles. The van der Waals surface area contributed by atoms with Crippen molar-refractivity contribution in [2.75, 3.05) is 19.6 Å². The number of likely N-dealkylation sites (tertiary alicyclic amines) is 1. The zero-order valence-corrected chi connectivity index (χ0v) is 17.6. The van der Waals surface area contributed by atoms with E-state index in [1.54, 1.807) is 30.3 Å². The third-order valence-corrected chi connectivity index (χ3v) is 7.42. The molecule has 0 aromatic heterocycles. The monoisotopic (exact) mass is 418 g/mol. The first-order valence-electron chi connectivity index (χ1n) is 10.4. The molecular formula is C21H30N4O3S. The molecule has 2 fully saturated rings. The molecule has 1 aromatic rings. The number of hydrogen-bond acceptors (Lipinski definition) is 5. The highest BCUT2D eigenvalue weighted by Gasteiger charge is 2.33. The van der Waals surface area contributed by atoms with Crippen molar-refractivity contribution in [1.82, 2.24) is 14.9 Å². The number of nitriles is 1. The topological polar surface area (TPSA) is 102 Å². The van der Waals surface area contributed by atoms with Gasteiger partial charge in [0.1, 0.15) is 5.54 Å². The minimum Gasteiger partial charge on any atom is -0.337 e. The number of sulfonamides is 1. The molecule has 1 aromatic carbocycles. The first-order chi connectivity index (χ1) is 13.9. The van der Waals surface area contributed by atoms with E-state index in [2.05, 4.69) is 16.1 Å². The predicted molar refractivity (Wildman–Crippen MR) is 110 cm³/mol. The fourth-order valence-corrected chi connectivity index (χ4v) is 5.53. The maximum absolute atomic E-state index is 12.5. The summed E-state index contributed by atoms with van der Waals surface area (Å²) in [6.07, 6.45) is 6.93. The van der Waals surface area contributed by atoms with E-state index in [1.165, 1.54) is 0 Å². The lowest BCUT2D eigenvalue weighted by Gasteiger charge is -2.33. The second-order valence-corrected chi connectivity index (χ2v) is 9.86. The Morgan fingerprint density at radius 1 is 1.10 bits per heavy atom. The summed E-state index contributed by atoms with van der Waals surface area (Å²) in [6.45, 7) is 1.55. The quantitative estimate of drug-likeness (QED) is 0.689. The van der Waals surface area contributed by atoms with Gasteiger partial charge >= 0.3 is 0 Å². The van der Waals surface area contributed by atoms with Gasteiger partial charge in [0.15, 0.2) is 0 Å². The van der Waals surface area contributed by atoms with Gasteiger partial charge < -0.3 is 5.32 Å². The van der Waals surface area contributed by atoms with Gasteiger partial charge in [0.25, 0.3) is 0 Å². The minimum atomic E-state index is -3.52. The Bertz CT molecular complexity index is 819. The number of nitrogens with one attached hydrogen (secondary N) is 2. The van der Waals surface area contributed by atoms with Gasteiger partial charge in [0.2, 0.25) is 15.9 Å². The van der Waals surface area contributed by atoms with Gasteiger partial charge in [-0.3, -0.25) is 9.69 Å². The van der Waals surface area contributed by atoms with E-state index >= 15 is 0 Å². The second-order valence-electron chi connectivity index (χ2n) is 8.14. The largest absolute Gasteiger partial charge is 0.337 e. The molecule has 1 amide bonds. The number of amides is 1. The molecule has 2 aliphatic rings. The summed E-state index contributed by atoms with van der Waals surface area (Å²) in [5.74, 6) is -0.114. The van der Waals surface area contributed by atoms with Crippen LogP contribution in [0.15, 0.2) is 35.2 Å². The third-order valence-electron chi connectivity index (χ3n) is 5.88. The molecule has 2 N–H and O–H groups in total.